The molecule has 8 heteroatoms. The van der Waals surface area contributed by atoms with Crippen LogP contribution in [-0.2, 0) is 4.79 Å². The molecule has 0 bridgehead atoms. The van der Waals surface area contributed by atoms with Crippen molar-refractivity contribution in [2.75, 3.05) is 10.6 Å². The maximum absolute atomic E-state index is 12.3. The fourth-order valence-corrected chi connectivity index (χ4v) is 3.28. The van der Waals surface area contributed by atoms with Crippen LogP contribution in [0.15, 0.2) is 47.4 Å². The molecule has 24 heavy (non-hydrogen) atoms. The maximum Gasteiger partial charge on any atom is 0.316 e. The van der Waals surface area contributed by atoms with Crippen LogP contribution >= 0.6 is 35.0 Å². The summed E-state index contributed by atoms with van der Waals surface area (Å²) in [5.74, 6) is -0.202. The third kappa shape index (κ3) is 5.33. The molecule has 0 heterocycles. The van der Waals surface area contributed by atoms with Crippen LogP contribution in [0.25, 0.3) is 0 Å². The molecule has 0 radical (unpaired) electrons. The molecule has 126 valence electrons. The van der Waals surface area contributed by atoms with Crippen LogP contribution < -0.4 is 16.4 Å². The first-order chi connectivity index (χ1) is 11.3. The van der Waals surface area contributed by atoms with Gasteiger partial charge in [-0.25, -0.2) is 4.79 Å². The third-order valence-electron chi connectivity index (χ3n) is 2.96. The van der Waals surface area contributed by atoms with Crippen LogP contribution in [0.1, 0.15) is 6.92 Å². The molecule has 0 fully saturated rings. The summed E-state index contributed by atoms with van der Waals surface area (Å²) in [4.78, 5) is 23.9. The van der Waals surface area contributed by atoms with Crippen molar-refractivity contribution in [3.05, 3.63) is 52.5 Å². The first-order valence-corrected chi connectivity index (χ1v) is 8.58. The van der Waals surface area contributed by atoms with E-state index < -0.39 is 11.3 Å². The lowest BCUT2D eigenvalue weighted by Gasteiger charge is -2.14. The van der Waals surface area contributed by atoms with E-state index in [9.17, 15) is 9.59 Å². The van der Waals surface area contributed by atoms with Crippen LogP contribution in [0.4, 0.5) is 16.2 Å². The van der Waals surface area contributed by atoms with Crippen LogP contribution in [0.2, 0.25) is 10.0 Å². The number of hydrogen-bond donors (Lipinski definition) is 3. The zero-order valence-corrected chi connectivity index (χ0v) is 15.0. The van der Waals surface area contributed by atoms with Gasteiger partial charge in [0.2, 0.25) is 5.91 Å². The van der Waals surface area contributed by atoms with E-state index in [1.807, 2.05) is 0 Å². The SMILES string of the molecule is CC(Sc1cc(Cl)ccc1Cl)C(=O)Nc1cccc(NC(N)=O)c1. The highest BCUT2D eigenvalue weighted by Crippen LogP contribution is 2.33. The van der Waals surface area contributed by atoms with Crippen molar-refractivity contribution in [2.45, 2.75) is 17.1 Å². The number of hydrogen-bond acceptors (Lipinski definition) is 3. The van der Waals surface area contributed by atoms with Crippen molar-refractivity contribution in [1.29, 1.82) is 0 Å². The van der Waals surface area contributed by atoms with Crippen LogP contribution in [-0.4, -0.2) is 17.2 Å². The number of thioether (sulfide) groups is 1. The van der Waals surface area contributed by atoms with E-state index >= 15 is 0 Å². The number of anilines is 2. The lowest BCUT2D eigenvalue weighted by Crippen LogP contribution is -2.23. The largest absolute Gasteiger partial charge is 0.351 e. The minimum absolute atomic E-state index is 0.202. The molecule has 1 unspecified atom stereocenters. The summed E-state index contributed by atoms with van der Waals surface area (Å²) in [6, 6.07) is 11.1. The van der Waals surface area contributed by atoms with Crippen LogP contribution in [0.3, 0.4) is 0 Å². The number of benzene rings is 2. The Labute approximate surface area is 153 Å². The Kier molecular flexibility index (Phi) is 6.36. The number of amides is 3. The Morgan fingerprint density at radius 3 is 2.42 bits per heavy atom. The van der Waals surface area contributed by atoms with E-state index in [0.717, 1.165) is 4.90 Å². The number of nitrogens with two attached hydrogens (primary N) is 1. The van der Waals surface area contributed by atoms with E-state index in [1.54, 1.807) is 49.4 Å². The molecule has 0 spiro atoms. The maximum atomic E-state index is 12.3. The molecule has 0 aliphatic carbocycles. The number of rotatable bonds is 5. The summed E-state index contributed by atoms with van der Waals surface area (Å²) in [6.45, 7) is 1.77. The number of urea groups is 1. The lowest BCUT2D eigenvalue weighted by molar-refractivity contribution is -0.115. The fourth-order valence-electron chi connectivity index (χ4n) is 1.87. The summed E-state index contributed by atoms with van der Waals surface area (Å²) in [5.41, 5.74) is 6.12. The van der Waals surface area contributed by atoms with Gasteiger partial charge in [-0.05, 0) is 43.3 Å². The highest BCUT2D eigenvalue weighted by Gasteiger charge is 2.16. The van der Waals surface area contributed by atoms with Gasteiger partial charge >= 0.3 is 6.03 Å². The molecule has 0 aliphatic heterocycles. The van der Waals surface area contributed by atoms with E-state index in [4.69, 9.17) is 28.9 Å². The van der Waals surface area contributed by atoms with E-state index in [0.29, 0.717) is 21.4 Å². The molecule has 5 nitrogen and oxygen atoms in total. The molecule has 0 aromatic heterocycles. The lowest BCUT2D eigenvalue weighted by atomic mass is 10.2. The monoisotopic (exact) mass is 383 g/mol. The first-order valence-electron chi connectivity index (χ1n) is 6.94. The Morgan fingerprint density at radius 1 is 1.08 bits per heavy atom. The zero-order valence-electron chi connectivity index (χ0n) is 12.7. The van der Waals surface area contributed by atoms with Crippen molar-refractivity contribution >= 4 is 58.3 Å². The minimum atomic E-state index is -0.669. The van der Waals surface area contributed by atoms with Gasteiger partial charge in [-0.1, -0.05) is 29.3 Å². The number of nitrogens with one attached hydrogen (secondary N) is 2. The molecule has 2 rings (SSSR count). The molecule has 0 aliphatic rings. The normalized spacial score (nSPS) is 11.6. The molecule has 3 amide bonds. The van der Waals surface area contributed by atoms with Crippen molar-refractivity contribution in [1.82, 2.24) is 0 Å². The van der Waals surface area contributed by atoms with Crippen molar-refractivity contribution in [2.24, 2.45) is 5.73 Å². The Balaban J connectivity index is 2.03. The van der Waals surface area contributed by atoms with Crippen LogP contribution in [0, 0.1) is 0 Å². The van der Waals surface area contributed by atoms with Crippen LogP contribution in [0.5, 0.6) is 0 Å². The molecular formula is C16H15Cl2N3O2S. The van der Waals surface area contributed by atoms with Gasteiger partial charge < -0.3 is 16.4 Å². The Morgan fingerprint density at radius 2 is 1.75 bits per heavy atom. The predicted octanol–water partition coefficient (Wildman–Crippen LogP) is 4.60. The minimum Gasteiger partial charge on any atom is -0.351 e. The molecule has 1 atom stereocenters. The van der Waals surface area contributed by atoms with Gasteiger partial charge in [0.15, 0.2) is 0 Å². The number of halogens is 2. The third-order valence-corrected chi connectivity index (χ3v) is 4.80. The highest BCUT2D eigenvalue weighted by molar-refractivity contribution is 8.00. The van der Waals surface area contributed by atoms with Gasteiger partial charge in [0.1, 0.15) is 0 Å². The van der Waals surface area contributed by atoms with E-state index in [1.165, 1.54) is 11.8 Å². The van der Waals surface area contributed by atoms with Gasteiger partial charge in [-0.15, -0.1) is 11.8 Å². The summed E-state index contributed by atoms with van der Waals surface area (Å²) in [5, 5.41) is 5.93. The van der Waals surface area contributed by atoms with E-state index in [2.05, 4.69) is 10.6 Å². The molecule has 0 saturated carbocycles. The number of carbonyl (C=O) groups excluding carboxylic acids is 2. The Hall–Kier alpha value is -1.89. The van der Waals surface area contributed by atoms with Gasteiger partial charge in [-0.2, -0.15) is 0 Å². The standard InChI is InChI=1S/C16H15Cl2N3O2S/c1-9(24-14-7-10(17)5-6-13(14)18)15(22)20-11-3-2-4-12(8-11)21-16(19)23/h2-9H,1H3,(H,20,22)(H3,19,21,23). The zero-order chi connectivity index (χ0) is 17.7. The second-order valence-electron chi connectivity index (χ2n) is 4.89. The number of carbonyl (C=O) groups is 2. The molecule has 2 aromatic rings. The molecular weight excluding hydrogens is 369 g/mol. The summed E-state index contributed by atoms with van der Waals surface area (Å²) >= 11 is 13.4. The topological polar surface area (TPSA) is 84.2 Å². The fraction of sp³-hybridized carbons (Fsp3) is 0.125. The molecule has 4 N–H and O–H groups in total. The average molecular weight is 384 g/mol. The smallest absolute Gasteiger partial charge is 0.316 e. The second-order valence-corrected chi connectivity index (χ2v) is 7.12. The van der Waals surface area contributed by atoms with Gasteiger partial charge in [0.05, 0.1) is 10.3 Å². The van der Waals surface area contributed by atoms with Crippen molar-refractivity contribution in [3.63, 3.8) is 0 Å². The molecule has 0 saturated heterocycles. The first kappa shape index (κ1) is 18.4. The summed E-state index contributed by atoms with van der Waals surface area (Å²) in [6.07, 6.45) is 0. The second kappa shape index (κ2) is 8.28. The summed E-state index contributed by atoms with van der Waals surface area (Å²) in [7, 11) is 0. The Bertz CT molecular complexity index is 771. The van der Waals surface area contributed by atoms with Gasteiger partial charge in [0.25, 0.3) is 0 Å². The quantitative estimate of drug-likeness (QED) is 0.659. The molecule has 2 aromatic carbocycles. The predicted molar refractivity (Wildman–Crippen MR) is 100 cm³/mol. The average Bonchev–Trinajstić information content (AvgIpc) is 2.50. The van der Waals surface area contributed by atoms with Crippen molar-refractivity contribution < 1.29 is 9.59 Å². The van der Waals surface area contributed by atoms with Gasteiger partial charge in [0, 0.05) is 21.3 Å². The highest BCUT2D eigenvalue weighted by atomic mass is 35.5. The van der Waals surface area contributed by atoms with Gasteiger partial charge in [-0.3, -0.25) is 4.79 Å². The number of primary amides is 1. The van der Waals surface area contributed by atoms with E-state index in [-0.39, 0.29) is 5.91 Å². The van der Waals surface area contributed by atoms with Crippen molar-refractivity contribution in [3.8, 4) is 0 Å². The summed E-state index contributed by atoms with van der Waals surface area (Å²) < 4.78 is 0.